The first kappa shape index (κ1) is 19.2. The first-order chi connectivity index (χ1) is 11.4. The Hall–Kier alpha value is -1.12. The normalized spacial score (nSPS) is 14.3. The molecule has 0 aliphatic heterocycles. The Kier molecular flexibility index (Phi) is 6.65. The molecule has 132 valence electrons. The van der Waals surface area contributed by atoms with E-state index in [9.17, 15) is 13.5 Å². The van der Waals surface area contributed by atoms with Crippen LogP contribution in [0, 0.1) is 0 Å². The van der Waals surface area contributed by atoms with E-state index in [4.69, 9.17) is 16.3 Å². The summed E-state index contributed by atoms with van der Waals surface area (Å²) in [6.07, 6.45) is 0.672. The van der Waals surface area contributed by atoms with Crippen molar-refractivity contribution in [3.8, 4) is 5.75 Å². The highest BCUT2D eigenvalue weighted by molar-refractivity contribution is 7.91. The molecule has 0 aliphatic carbocycles. The third kappa shape index (κ3) is 4.49. The van der Waals surface area contributed by atoms with Gasteiger partial charge in [-0.3, -0.25) is 0 Å². The monoisotopic (exact) mass is 389 g/mol. The highest BCUT2D eigenvalue weighted by Gasteiger charge is 2.27. The number of hydrogen-bond acceptors (Lipinski definition) is 5. The van der Waals surface area contributed by atoms with E-state index in [0.29, 0.717) is 10.8 Å². The quantitative estimate of drug-likeness (QED) is 0.726. The van der Waals surface area contributed by atoms with Crippen LogP contribution in [0.2, 0.25) is 4.34 Å². The van der Waals surface area contributed by atoms with Gasteiger partial charge in [-0.2, -0.15) is 0 Å². The lowest BCUT2D eigenvalue weighted by atomic mass is 9.90. The van der Waals surface area contributed by atoms with Crippen LogP contribution in [-0.2, 0) is 10.0 Å². The van der Waals surface area contributed by atoms with Crippen LogP contribution in [0.25, 0.3) is 0 Å². The molecule has 0 saturated carbocycles. The van der Waals surface area contributed by atoms with Gasteiger partial charge in [0.1, 0.15) is 9.96 Å². The smallest absolute Gasteiger partial charge is 0.250 e. The van der Waals surface area contributed by atoms with Crippen molar-refractivity contribution in [2.45, 2.75) is 29.5 Å². The van der Waals surface area contributed by atoms with Gasteiger partial charge in [-0.05, 0) is 36.2 Å². The number of halogens is 1. The minimum absolute atomic E-state index is 0.135. The summed E-state index contributed by atoms with van der Waals surface area (Å²) in [5.41, 5.74) is 0.935. The fourth-order valence-electron chi connectivity index (χ4n) is 2.55. The number of thiophene rings is 1. The first-order valence-electron chi connectivity index (χ1n) is 7.43. The SMILES string of the molecule is CC[C@@H](c1ccc(OC)cc1)[C@@H](CO)NS(=O)(=O)c1ccc(Cl)s1. The molecule has 2 atom stereocenters. The minimum atomic E-state index is -3.73. The summed E-state index contributed by atoms with van der Waals surface area (Å²) in [7, 11) is -2.14. The minimum Gasteiger partial charge on any atom is -0.497 e. The van der Waals surface area contributed by atoms with Gasteiger partial charge < -0.3 is 9.84 Å². The van der Waals surface area contributed by atoms with Gasteiger partial charge in [-0.1, -0.05) is 30.7 Å². The fourth-order valence-corrected chi connectivity index (χ4v) is 5.32. The molecule has 0 fully saturated rings. The number of benzene rings is 1. The van der Waals surface area contributed by atoms with Crippen molar-refractivity contribution < 1.29 is 18.3 Å². The summed E-state index contributed by atoms with van der Waals surface area (Å²) in [4.78, 5) is 0. The van der Waals surface area contributed by atoms with Crippen LogP contribution in [0.4, 0.5) is 0 Å². The Bertz CT molecular complexity index is 759. The zero-order valence-corrected chi connectivity index (χ0v) is 15.8. The number of aliphatic hydroxyl groups excluding tert-OH is 1. The van der Waals surface area contributed by atoms with Crippen molar-refractivity contribution in [2.24, 2.45) is 0 Å². The van der Waals surface area contributed by atoms with Gasteiger partial charge in [0.2, 0.25) is 10.0 Å². The lowest BCUT2D eigenvalue weighted by Crippen LogP contribution is -2.41. The number of sulfonamides is 1. The van der Waals surface area contributed by atoms with Gasteiger partial charge >= 0.3 is 0 Å². The van der Waals surface area contributed by atoms with E-state index in [1.165, 1.54) is 12.1 Å². The summed E-state index contributed by atoms with van der Waals surface area (Å²) < 4.78 is 33.2. The molecule has 1 aromatic heterocycles. The second kappa shape index (κ2) is 8.31. The standard InChI is InChI=1S/C16H20ClNO4S2/c1-3-13(11-4-6-12(22-2)7-5-11)14(10-19)18-24(20,21)16-9-8-15(17)23-16/h4-9,13-14,18-19H,3,10H2,1-2H3/t13-,14+/m0/s1. The molecule has 0 aliphatic rings. The Balaban J connectivity index is 2.24. The number of ether oxygens (including phenoxy) is 1. The Morgan fingerprint density at radius 2 is 1.92 bits per heavy atom. The van der Waals surface area contributed by atoms with Crippen molar-refractivity contribution in [3.05, 3.63) is 46.3 Å². The molecule has 0 amide bonds. The van der Waals surface area contributed by atoms with Crippen LogP contribution in [0.1, 0.15) is 24.8 Å². The van der Waals surface area contributed by atoms with Crippen LogP contribution in [0.5, 0.6) is 5.75 Å². The Morgan fingerprint density at radius 3 is 2.38 bits per heavy atom. The van der Waals surface area contributed by atoms with Gasteiger partial charge in [-0.15, -0.1) is 11.3 Å². The molecule has 1 heterocycles. The van der Waals surface area contributed by atoms with Crippen molar-refractivity contribution in [3.63, 3.8) is 0 Å². The maximum Gasteiger partial charge on any atom is 0.250 e. The number of rotatable bonds is 8. The predicted molar refractivity (Wildman–Crippen MR) is 96.6 cm³/mol. The van der Waals surface area contributed by atoms with Crippen LogP contribution < -0.4 is 9.46 Å². The van der Waals surface area contributed by atoms with E-state index in [1.54, 1.807) is 7.11 Å². The zero-order chi connectivity index (χ0) is 17.7. The maximum atomic E-state index is 12.5. The predicted octanol–water partition coefficient (Wildman–Crippen LogP) is 3.24. The van der Waals surface area contributed by atoms with Crippen LogP contribution in [0.3, 0.4) is 0 Å². The number of aliphatic hydroxyl groups is 1. The van der Waals surface area contributed by atoms with Gasteiger partial charge in [-0.25, -0.2) is 13.1 Å². The van der Waals surface area contributed by atoms with E-state index < -0.39 is 16.1 Å². The second-order valence-corrected chi connectivity index (χ2v) is 8.91. The zero-order valence-electron chi connectivity index (χ0n) is 13.4. The third-order valence-electron chi connectivity index (χ3n) is 3.79. The maximum absolute atomic E-state index is 12.5. The van der Waals surface area contributed by atoms with Gasteiger partial charge in [0.15, 0.2) is 0 Å². The van der Waals surface area contributed by atoms with E-state index in [-0.39, 0.29) is 16.7 Å². The molecule has 0 saturated heterocycles. The molecule has 8 heteroatoms. The van der Waals surface area contributed by atoms with E-state index in [1.807, 2.05) is 31.2 Å². The molecule has 24 heavy (non-hydrogen) atoms. The van der Waals surface area contributed by atoms with Gasteiger partial charge in [0.25, 0.3) is 0 Å². The average molecular weight is 390 g/mol. The molecule has 2 rings (SSSR count). The summed E-state index contributed by atoms with van der Waals surface area (Å²) in [5.74, 6) is 0.564. The molecule has 2 N–H and O–H groups in total. The highest BCUT2D eigenvalue weighted by Crippen LogP contribution is 2.29. The first-order valence-corrected chi connectivity index (χ1v) is 10.1. The molecule has 0 bridgehead atoms. The Morgan fingerprint density at radius 1 is 1.25 bits per heavy atom. The van der Waals surface area contributed by atoms with E-state index in [0.717, 1.165) is 22.6 Å². The van der Waals surface area contributed by atoms with E-state index >= 15 is 0 Å². The molecule has 0 radical (unpaired) electrons. The molecule has 0 spiro atoms. The summed E-state index contributed by atoms with van der Waals surface area (Å²) >= 11 is 6.80. The van der Waals surface area contributed by atoms with Crippen molar-refractivity contribution in [2.75, 3.05) is 13.7 Å². The van der Waals surface area contributed by atoms with Gasteiger partial charge in [0, 0.05) is 5.92 Å². The third-order valence-corrected chi connectivity index (χ3v) is 7.00. The molecule has 5 nitrogen and oxygen atoms in total. The second-order valence-electron chi connectivity index (χ2n) is 5.26. The van der Waals surface area contributed by atoms with Crippen LogP contribution in [0.15, 0.2) is 40.6 Å². The molecule has 2 aromatic rings. The molecular weight excluding hydrogens is 370 g/mol. The Labute approximate surface area is 151 Å². The van der Waals surface area contributed by atoms with Crippen molar-refractivity contribution in [1.29, 1.82) is 0 Å². The number of nitrogens with one attached hydrogen (secondary N) is 1. The highest BCUT2D eigenvalue weighted by atomic mass is 35.5. The van der Waals surface area contributed by atoms with Crippen LogP contribution in [-0.4, -0.2) is 33.3 Å². The number of methoxy groups -OCH3 is 1. The van der Waals surface area contributed by atoms with E-state index in [2.05, 4.69) is 4.72 Å². The van der Waals surface area contributed by atoms with Crippen molar-refractivity contribution in [1.82, 2.24) is 4.72 Å². The van der Waals surface area contributed by atoms with Crippen molar-refractivity contribution >= 4 is 33.0 Å². The average Bonchev–Trinajstić information content (AvgIpc) is 3.02. The lowest BCUT2D eigenvalue weighted by Gasteiger charge is -2.25. The largest absolute Gasteiger partial charge is 0.497 e. The lowest BCUT2D eigenvalue weighted by molar-refractivity contribution is 0.236. The molecular formula is C16H20ClNO4S2. The number of hydrogen-bond donors (Lipinski definition) is 2. The molecule has 1 aromatic carbocycles. The molecule has 0 unspecified atom stereocenters. The summed E-state index contributed by atoms with van der Waals surface area (Å²) in [6.45, 7) is 1.65. The van der Waals surface area contributed by atoms with Gasteiger partial charge in [0.05, 0.1) is 24.1 Å². The van der Waals surface area contributed by atoms with Crippen LogP contribution >= 0.6 is 22.9 Å². The topological polar surface area (TPSA) is 75.6 Å². The summed E-state index contributed by atoms with van der Waals surface area (Å²) in [6, 6.07) is 9.76. The fraction of sp³-hybridized carbons (Fsp3) is 0.375. The summed E-state index contributed by atoms with van der Waals surface area (Å²) in [5, 5.41) is 9.73.